The van der Waals surface area contributed by atoms with E-state index >= 15 is 0 Å². The summed E-state index contributed by atoms with van der Waals surface area (Å²) in [5.41, 5.74) is 0. The second-order valence-corrected chi connectivity index (χ2v) is 7.31. The van der Waals surface area contributed by atoms with Crippen LogP contribution in [0.5, 0.6) is 11.5 Å². The number of methoxy groups -OCH3 is 2. The van der Waals surface area contributed by atoms with E-state index in [2.05, 4.69) is 4.72 Å². The van der Waals surface area contributed by atoms with Crippen LogP contribution in [0.1, 0.15) is 33.1 Å². The molecule has 0 spiro atoms. The largest absolute Gasteiger partial charge is 0.493 e. The van der Waals surface area contributed by atoms with Gasteiger partial charge in [-0.1, -0.05) is 13.8 Å². The lowest BCUT2D eigenvalue weighted by Gasteiger charge is -2.21. The summed E-state index contributed by atoms with van der Waals surface area (Å²) in [7, 11) is -0.799. The van der Waals surface area contributed by atoms with Crippen LogP contribution in [-0.2, 0) is 14.8 Å². The number of sulfonamides is 1. The molecular formula is C17H28N2O5S. The molecule has 7 nitrogen and oxygen atoms in total. The number of amides is 1. The van der Waals surface area contributed by atoms with E-state index in [9.17, 15) is 13.2 Å². The molecule has 1 amide bonds. The second-order valence-electron chi connectivity index (χ2n) is 5.55. The minimum Gasteiger partial charge on any atom is -0.493 e. The minimum absolute atomic E-state index is 0.0429. The zero-order chi connectivity index (χ0) is 18.9. The fraction of sp³-hybridized carbons (Fsp3) is 0.588. The van der Waals surface area contributed by atoms with E-state index in [1.807, 2.05) is 13.8 Å². The zero-order valence-corrected chi connectivity index (χ0v) is 16.2. The van der Waals surface area contributed by atoms with Crippen LogP contribution < -0.4 is 14.2 Å². The van der Waals surface area contributed by atoms with Crippen LogP contribution in [0.15, 0.2) is 23.1 Å². The van der Waals surface area contributed by atoms with Gasteiger partial charge in [0.1, 0.15) is 0 Å². The highest BCUT2D eigenvalue weighted by Crippen LogP contribution is 2.29. The molecule has 0 fully saturated rings. The first-order valence-corrected chi connectivity index (χ1v) is 9.87. The Morgan fingerprint density at radius 2 is 1.68 bits per heavy atom. The minimum atomic E-state index is -3.72. The molecule has 0 radical (unpaired) electrons. The topological polar surface area (TPSA) is 84.9 Å². The van der Waals surface area contributed by atoms with Crippen LogP contribution in [-0.4, -0.2) is 53.1 Å². The van der Waals surface area contributed by atoms with Gasteiger partial charge in [-0.05, 0) is 25.0 Å². The van der Waals surface area contributed by atoms with E-state index in [0.29, 0.717) is 24.6 Å². The molecule has 0 aliphatic heterocycles. The van der Waals surface area contributed by atoms with Crippen LogP contribution in [0.25, 0.3) is 0 Å². The van der Waals surface area contributed by atoms with Crippen LogP contribution >= 0.6 is 0 Å². The summed E-state index contributed by atoms with van der Waals surface area (Å²) in [6.07, 6.45) is 1.89. The van der Waals surface area contributed by atoms with Crippen molar-refractivity contribution in [1.82, 2.24) is 9.62 Å². The summed E-state index contributed by atoms with van der Waals surface area (Å²) >= 11 is 0. The van der Waals surface area contributed by atoms with Gasteiger partial charge in [-0.2, -0.15) is 0 Å². The van der Waals surface area contributed by atoms with Crippen molar-refractivity contribution in [3.63, 3.8) is 0 Å². The smallest absolute Gasteiger partial charge is 0.240 e. The molecule has 0 aliphatic rings. The molecule has 0 atom stereocenters. The summed E-state index contributed by atoms with van der Waals surface area (Å²) in [4.78, 5) is 14.0. The average molecular weight is 372 g/mol. The van der Waals surface area contributed by atoms with Crippen LogP contribution in [0.2, 0.25) is 0 Å². The lowest BCUT2D eigenvalue weighted by atomic mass is 10.3. The number of benzene rings is 1. The third-order valence-corrected chi connectivity index (χ3v) is 5.09. The van der Waals surface area contributed by atoms with Crippen LogP contribution in [0, 0.1) is 0 Å². The lowest BCUT2D eigenvalue weighted by molar-refractivity contribution is -0.131. The summed E-state index contributed by atoms with van der Waals surface area (Å²) in [5.74, 6) is 0.739. The number of rotatable bonds is 11. The third kappa shape index (κ3) is 6.21. The van der Waals surface area contributed by atoms with E-state index < -0.39 is 10.0 Å². The molecule has 1 N–H and O–H groups in total. The van der Waals surface area contributed by atoms with E-state index in [1.165, 1.54) is 32.4 Å². The average Bonchev–Trinajstić information content (AvgIpc) is 2.60. The van der Waals surface area contributed by atoms with E-state index in [-0.39, 0.29) is 23.8 Å². The Hall–Kier alpha value is -1.80. The quantitative estimate of drug-likeness (QED) is 0.642. The zero-order valence-electron chi connectivity index (χ0n) is 15.4. The van der Waals surface area contributed by atoms with Gasteiger partial charge in [-0.15, -0.1) is 0 Å². The molecule has 0 heterocycles. The molecule has 25 heavy (non-hydrogen) atoms. The van der Waals surface area contributed by atoms with Crippen molar-refractivity contribution in [1.29, 1.82) is 0 Å². The molecule has 1 rings (SSSR count). The molecule has 0 aromatic heterocycles. The van der Waals surface area contributed by atoms with Crippen molar-refractivity contribution in [3.05, 3.63) is 18.2 Å². The number of hydrogen-bond acceptors (Lipinski definition) is 5. The molecule has 0 aliphatic carbocycles. The maximum Gasteiger partial charge on any atom is 0.240 e. The van der Waals surface area contributed by atoms with E-state index in [4.69, 9.17) is 9.47 Å². The summed E-state index contributed by atoms with van der Waals surface area (Å²) in [5, 5.41) is 0. The molecule has 0 saturated heterocycles. The molecule has 142 valence electrons. The molecule has 1 aromatic rings. The Morgan fingerprint density at radius 1 is 1.08 bits per heavy atom. The first-order valence-electron chi connectivity index (χ1n) is 8.39. The Kier molecular flexibility index (Phi) is 8.71. The van der Waals surface area contributed by atoms with Crippen LogP contribution in [0.4, 0.5) is 0 Å². The molecule has 8 heteroatoms. The standard InChI is InChI=1S/C17H28N2O5S/c1-5-11-19(12-6-2)17(20)9-10-18-25(21,22)14-7-8-15(23-3)16(13-14)24-4/h7-8,13,18H,5-6,9-12H2,1-4H3. The maximum absolute atomic E-state index is 12.4. The maximum atomic E-state index is 12.4. The van der Waals surface area contributed by atoms with Crippen molar-refractivity contribution in [2.75, 3.05) is 33.9 Å². The molecule has 0 saturated carbocycles. The first kappa shape index (κ1) is 21.2. The monoisotopic (exact) mass is 372 g/mol. The Balaban J connectivity index is 2.71. The van der Waals surface area contributed by atoms with Crippen LogP contribution in [0.3, 0.4) is 0 Å². The van der Waals surface area contributed by atoms with E-state index in [0.717, 1.165) is 12.8 Å². The number of hydrogen-bond donors (Lipinski definition) is 1. The van der Waals surface area contributed by atoms with Gasteiger partial charge < -0.3 is 14.4 Å². The van der Waals surface area contributed by atoms with Crippen molar-refractivity contribution < 1.29 is 22.7 Å². The SMILES string of the molecule is CCCN(CCC)C(=O)CCNS(=O)(=O)c1ccc(OC)c(OC)c1. The Bertz CT molecular complexity index is 655. The lowest BCUT2D eigenvalue weighted by Crippen LogP contribution is -2.35. The molecule has 1 aromatic carbocycles. The highest BCUT2D eigenvalue weighted by molar-refractivity contribution is 7.89. The highest BCUT2D eigenvalue weighted by Gasteiger charge is 2.18. The van der Waals surface area contributed by atoms with E-state index in [1.54, 1.807) is 4.90 Å². The van der Waals surface area contributed by atoms with Crippen molar-refractivity contribution in [3.8, 4) is 11.5 Å². The van der Waals surface area contributed by atoms with Gasteiger partial charge in [0, 0.05) is 32.1 Å². The predicted octanol–water partition coefficient (Wildman–Crippen LogP) is 2.02. The molecular weight excluding hydrogens is 344 g/mol. The predicted molar refractivity (Wildman–Crippen MR) is 96.5 cm³/mol. The van der Waals surface area contributed by atoms with Crippen molar-refractivity contribution >= 4 is 15.9 Å². The van der Waals surface area contributed by atoms with Gasteiger partial charge >= 0.3 is 0 Å². The van der Waals surface area contributed by atoms with Gasteiger partial charge in [0.25, 0.3) is 0 Å². The number of ether oxygens (including phenoxy) is 2. The van der Waals surface area contributed by atoms with Gasteiger partial charge in [0.05, 0.1) is 19.1 Å². The number of carbonyl (C=O) groups excluding carboxylic acids is 1. The Morgan fingerprint density at radius 3 is 2.20 bits per heavy atom. The van der Waals surface area contributed by atoms with Gasteiger partial charge in [-0.25, -0.2) is 13.1 Å². The fourth-order valence-electron chi connectivity index (χ4n) is 2.42. The number of nitrogens with one attached hydrogen (secondary N) is 1. The molecule has 0 bridgehead atoms. The first-order chi connectivity index (χ1) is 11.9. The fourth-order valence-corrected chi connectivity index (χ4v) is 3.47. The molecule has 0 unspecified atom stereocenters. The van der Waals surface area contributed by atoms with Gasteiger partial charge in [-0.3, -0.25) is 4.79 Å². The van der Waals surface area contributed by atoms with Crippen molar-refractivity contribution in [2.24, 2.45) is 0 Å². The summed E-state index contributed by atoms with van der Waals surface area (Å²) in [6, 6.07) is 4.36. The third-order valence-electron chi connectivity index (χ3n) is 3.64. The number of carbonyl (C=O) groups is 1. The number of nitrogens with zero attached hydrogens (tertiary/aromatic N) is 1. The van der Waals surface area contributed by atoms with Gasteiger partial charge in [0.15, 0.2) is 11.5 Å². The summed E-state index contributed by atoms with van der Waals surface area (Å²) in [6.45, 7) is 5.45. The highest BCUT2D eigenvalue weighted by atomic mass is 32.2. The van der Waals surface area contributed by atoms with Crippen molar-refractivity contribution in [2.45, 2.75) is 38.0 Å². The Labute approximate surface area is 150 Å². The van der Waals surface area contributed by atoms with Gasteiger partial charge in [0.2, 0.25) is 15.9 Å². The normalized spacial score (nSPS) is 11.2. The summed E-state index contributed by atoms with van der Waals surface area (Å²) < 4.78 is 37.4. The second kappa shape index (κ2) is 10.2.